The van der Waals surface area contributed by atoms with Crippen LogP contribution in [0.1, 0.15) is 11.1 Å². The lowest BCUT2D eigenvalue weighted by Crippen LogP contribution is -2.13. The minimum atomic E-state index is -0.497. The Balaban J connectivity index is 2.13. The van der Waals surface area contributed by atoms with Gasteiger partial charge in [0, 0.05) is 5.69 Å². The van der Waals surface area contributed by atoms with E-state index in [1.165, 1.54) is 13.2 Å². The van der Waals surface area contributed by atoms with Gasteiger partial charge in [0.15, 0.2) is 6.61 Å². The summed E-state index contributed by atoms with van der Waals surface area (Å²) < 4.78 is 10.4. The molecule has 0 saturated heterocycles. The van der Waals surface area contributed by atoms with Gasteiger partial charge in [0.05, 0.1) is 11.6 Å². The number of esters is 1. The van der Waals surface area contributed by atoms with E-state index in [0.717, 1.165) is 5.56 Å². The first-order chi connectivity index (χ1) is 12.9. The number of methoxy groups -OCH3 is 1. The number of nitriles is 1. The van der Waals surface area contributed by atoms with Crippen LogP contribution in [0.2, 0.25) is 0 Å². The Morgan fingerprint density at radius 3 is 2.52 bits per heavy atom. The molecule has 0 heterocycles. The molecule has 1 N–H and O–H groups in total. The summed E-state index contributed by atoms with van der Waals surface area (Å²) in [6, 6.07) is 14.2. The van der Waals surface area contributed by atoms with Gasteiger partial charge in [-0.1, -0.05) is 23.8 Å². The van der Waals surface area contributed by atoms with Gasteiger partial charge in [-0.2, -0.15) is 5.26 Å². The largest absolute Gasteiger partial charge is 0.481 e. The zero-order valence-corrected chi connectivity index (χ0v) is 16.4. The van der Waals surface area contributed by atoms with Gasteiger partial charge in [0.25, 0.3) is 5.91 Å². The van der Waals surface area contributed by atoms with Gasteiger partial charge in [-0.25, -0.2) is 4.79 Å². The van der Waals surface area contributed by atoms with Crippen LogP contribution in [0.15, 0.2) is 52.5 Å². The maximum Gasteiger partial charge on any atom is 0.343 e. The number of hydrogen-bond acceptors (Lipinski definition) is 5. The normalized spacial score (nSPS) is 10.7. The highest BCUT2D eigenvalue weighted by atomic mass is 79.9. The summed E-state index contributed by atoms with van der Waals surface area (Å²) in [6.45, 7) is 1.73. The monoisotopic (exact) mass is 428 g/mol. The van der Waals surface area contributed by atoms with Crippen LogP contribution in [0.5, 0.6) is 5.75 Å². The summed E-state index contributed by atoms with van der Waals surface area (Å²) in [5.74, 6) is -0.547. The highest BCUT2D eigenvalue weighted by Gasteiger charge is 2.11. The van der Waals surface area contributed by atoms with Crippen molar-refractivity contribution in [1.82, 2.24) is 0 Å². The maximum atomic E-state index is 12.3. The Bertz CT molecular complexity index is 915. The van der Waals surface area contributed by atoms with Crippen LogP contribution in [0.25, 0.3) is 6.08 Å². The third kappa shape index (κ3) is 5.97. The highest BCUT2D eigenvalue weighted by Crippen LogP contribution is 2.27. The Labute approximate surface area is 165 Å². The second kappa shape index (κ2) is 9.55. The van der Waals surface area contributed by atoms with Crippen LogP contribution in [-0.2, 0) is 14.3 Å². The van der Waals surface area contributed by atoms with E-state index in [2.05, 4.69) is 26.0 Å². The minimum Gasteiger partial charge on any atom is -0.481 e. The van der Waals surface area contributed by atoms with E-state index in [4.69, 9.17) is 4.74 Å². The van der Waals surface area contributed by atoms with Crippen LogP contribution in [0, 0.1) is 18.3 Å². The summed E-state index contributed by atoms with van der Waals surface area (Å²) in [5.41, 5.74) is 2.27. The molecule has 7 heteroatoms. The lowest BCUT2D eigenvalue weighted by atomic mass is 10.1. The number of nitrogens with zero attached hydrogens (tertiary/aromatic N) is 1. The molecule has 0 bridgehead atoms. The van der Waals surface area contributed by atoms with Gasteiger partial charge in [-0.3, -0.25) is 4.79 Å². The van der Waals surface area contributed by atoms with E-state index in [-0.39, 0.29) is 12.2 Å². The fourth-order valence-electron chi connectivity index (χ4n) is 2.07. The molecule has 138 valence electrons. The van der Waals surface area contributed by atoms with Gasteiger partial charge in [-0.05, 0) is 58.8 Å². The van der Waals surface area contributed by atoms with Crippen molar-refractivity contribution in [3.8, 4) is 11.8 Å². The van der Waals surface area contributed by atoms with Crippen molar-refractivity contribution in [2.24, 2.45) is 0 Å². The predicted molar refractivity (Wildman–Crippen MR) is 105 cm³/mol. The molecule has 0 spiro atoms. The molecule has 27 heavy (non-hydrogen) atoms. The molecule has 0 unspecified atom stereocenters. The van der Waals surface area contributed by atoms with E-state index in [0.29, 0.717) is 21.5 Å². The average molecular weight is 429 g/mol. The third-order valence-electron chi connectivity index (χ3n) is 3.51. The van der Waals surface area contributed by atoms with Crippen LogP contribution in [0.4, 0.5) is 5.69 Å². The summed E-state index contributed by atoms with van der Waals surface area (Å²) in [6.07, 6.45) is 1.47. The average Bonchev–Trinajstić information content (AvgIpc) is 2.66. The van der Waals surface area contributed by atoms with Crippen LogP contribution >= 0.6 is 15.9 Å². The Kier molecular flexibility index (Phi) is 7.15. The molecule has 1 amide bonds. The van der Waals surface area contributed by atoms with E-state index in [9.17, 15) is 14.9 Å². The zero-order valence-electron chi connectivity index (χ0n) is 14.8. The third-order valence-corrected chi connectivity index (χ3v) is 4.13. The second-order valence-corrected chi connectivity index (χ2v) is 6.40. The molecule has 0 radical (unpaired) electrons. The molecule has 2 aromatic rings. The topological polar surface area (TPSA) is 88.4 Å². The van der Waals surface area contributed by atoms with Crippen molar-refractivity contribution in [1.29, 1.82) is 5.26 Å². The summed E-state index contributed by atoms with van der Waals surface area (Å²) in [7, 11) is 1.28. The van der Waals surface area contributed by atoms with Gasteiger partial charge < -0.3 is 14.8 Å². The molecule has 0 aliphatic heterocycles. The molecular weight excluding hydrogens is 412 g/mol. The summed E-state index contributed by atoms with van der Waals surface area (Å²) in [5, 5.41) is 12.0. The molecule has 2 aromatic carbocycles. The fourth-order valence-corrected chi connectivity index (χ4v) is 2.58. The highest BCUT2D eigenvalue weighted by molar-refractivity contribution is 9.10. The first kappa shape index (κ1) is 20.2. The first-order valence-corrected chi connectivity index (χ1v) is 8.71. The maximum absolute atomic E-state index is 12.3. The number of halogens is 1. The van der Waals surface area contributed by atoms with Crippen molar-refractivity contribution in [3.05, 3.63) is 63.6 Å². The van der Waals surface area contributed by atoms with Crippen molar-refractivity contribution in [3.63, 3.8) is 0 Å². The quantitative estimate of drug-likeness (QED) is 0.428. The fraction of sp³-hybridized carbons (Fsp3) is 0.150. The lowest BCUT2D eigenvalue weighted by molar-refractivity contribution is -0.142. The Morgan fingerprint density at radius 1 is 1.22 bits per heavy atom. The standard InChI is InChI=1S/C20H17BrN2O4/c1-13-3-6-16(7-4-13)23-20(25)15(11-22)9-14-5-8-18(17(21)10-14)27-12-19(24)26-2/h3-10H,12H2,1-2H3,(H,23,25)/b15-9+. The van der Waals surface area contributed by atoms with Crippen molar-refractivity contribution >= 4 is 39.6 Å². The Hall–Kier alpha value is -3.11. The Morgan fingerprint density at radius 2 is 1.93 bits per heavy atom. The predicted octanol–water partition coefficient (Wildman–Crippen LogP) is 3.86. The van der Waals surface area contributed by atoms with Crippen LogP contribution in [0.3, 0.4) is 0 Å². The molecule has 0 aromatic heterocycles. The molecule has 0 atom stereocenters. The number of aryl methyl sites for hydroxylation is 1. The number of benzene rings is 2. The van der Waals surface area contributed by atoms with Gasteiger partial charge in [0.2, 0.25) is 0 Å². The van der Waals surface area contributed by atoms with E-state index >= 15 is 0 Å². The van der Waals surface area contributed by atoms with Gasteiger partial charge in [0.1, 0.15) is 17.4 Å². The number of carbonyl (C=O) groups excluding carboxylic acids is 2. The zero-order chi connectivity index (χ0) is 19.8. The summed E-state index contributed by atoms with van der Waals surface area (Å²) >= 11 is 3.34. The van der Waals surface area contributed by atoms with Gasteiger partial charge >= 0.3 is 5.97 Å². The molecule has 0 saturated carbocycles. The van der Waals surface area contributed by atoms with Gasteiger partial charge in [-0.15, -0.1) is 0 Å². The number of amides is 1. The lowest BCUT2D eigenvalue weighted by Gasteiger charge is -2.08. The molecule has 0 fully saturated rings. The number of nitrogens with one attached hydrogen (secondary N) is 1. The number of ether oxygens (including phenoxy) is 2. The first-order valence-electron chi connectivity index (χ1n) is 7.92. The molecular formula is C20H17BrN2O4. The van der Waals surface area contributed by atoms with E-state index in [1.54, 1.807) is 30.3 Å². The number of carbonyl (C=O) groups is 2. The van der Waals surface area contributed by atoms with Crippen LogP contribution < -0.4 is 10.1 Å². The second-order valence-electron chi connectivity index (χ2n) is 5.54. The molecule has 0 aliphatic carbocycles. The molecule has 2 rings (SSSR count). The molecule has 0 aliphatic rings. The van der Waals surface area contributed by atoms with E-state index in [1.807, 2.05) is 25.1 Å². The smallest absolute Gasteiger partial charge is 0.343 e. The number of hydrogen-bond donors (Lipinski definition) is 1. The van der Waals surface area contributed by atoms with Crippen LogP contribution in [-0.4, -0.2) is 25.6 Å². The number of rotatable bonds is 6. The van der Waals surface area contributed by atoms with Crippen molar-refractivity contribution in [2.75, 3.05) is 19.0 Å². The van der Waals surface area contributed by atoms with Crippen molar-refractivity contribution < 1.29 is 19.1 Å². The van der Waals surface area contributed by atoms with Crippen molar-refractivity contribution in [2.45, 2.75) is 6.92 Å². The number of anilines is 1. The van der Waals surface area contributed by atoms with E-state index < -0.39 is 11.9 Å². The minimum absolute atomic E-state index is 0.0364. The molecule has 6 nitrogen and oxygen atoms in total. The SMILES string of the molecule is COC(=O)COc1ccc(/C=C(\C#N)C(=O)Nc2ccc(C)cc2)cc1Br. The summed E-state index contributed by atoms with van der Waals surface area (Å²) in [4.78, 5) is 23.4.